The van der Waals surface area contributed by atoms with Crippen molar-refractivity contribution in [3.05, 3.63) is 81.3 Å². The molecule has 4 heteroatoms. The fourth-order valence-corrected chi connectivity index (χ4v) is 3.10. The molecule has 3 rings (SSSR count). The van der Waals surface area contributed by atoms with Gasteiger partial charge in [-0.05, 0) is 65.8 Å². The number of aldehydes is 1. The van der Waals surface area contributed by atoms with Crippen molar-refractivity contribution in [3.8, 4) is 0 Å². The molecule has 2 aromatic heterocycles. The van der Waals surface area contributed by atoms with E-state index in [1.54, 1.807) is 11.3 Å². The molecule has 2 heterocycles. The minimum atomic E-state index is 0.712. The maximum absolute atomic E-state index is 10.6. The van der Waals surface area contributed by atoms with Crippen molar-refractivity contribution in [2.75, 3.05) is 0 Å². The summed E-state index contributed by atoms with van der Waals surface area (Å²) in [6.07, 6.45) is 4.57. The molecule has 0 aliphatic heterocycles. The van der Waals surface area contributed by atoms with Crippen LogP contribution < -0.4 is 0 Å². The number of thiophene rings is 1. The van der Waals surface area contributed by atoms with Crippen LogP contribution in [0.4, 0.5) is 0 Å². The monoisotopic (exact) mass is 322 g/mol. The molecule has 0 aliphatic carbocycles. The molecule has 3 aromatic rings. The first-order valence-corrected chi connectivity index (χ1v) is 8.64. The summed E-state index contributed by atoms with van der Waals surface area (Å²) in [7, 11) is 0. The minimum Gasteiger partial charge on any atom is -0.298 e. The van der Waals surface area contributed by atoms with Gasteiger partial charge in [-0.2, -0.15) is 21.5 Å². The molecule has 0 aliphatic rings. The van der Waals surface area contributed by atoms with E-state index < -0.39 is 0 Å². The third kappa shape index (κ3) is 4.57. The molecule has 0 fully saturated rings. The Morgan fingerprint density at radius 1 is 0.783 bits per heavy atom. The van der Waals surface area contributed by atoms with Gasteiger partial charge in [-0.15, -0.1) is 0 Å². The zero-order valence-electron chi connectivity index (χ0n) is 12.8. The normalized spacial score (nSPS) is 10.6. The quantitative estimate of drug-likeness (QED) is 0.619. The number of aryl methyl sites for hydroxylation is 4. The molecule has 0 N–H and O–H groups in total. The molecule has 0 bridgehead atoms. The van der Waals surface area contributed by atoms with Crippen LogP contribution in [0, 0.1) is 0 Å². The second kappa shape index (κ2) is 7.79. The zero-order chi connectivity index (χ0) is 15.9. The number of benzene rings is 1. The molecule has 3 nitrogen and oxygen atoms in total. The fourth-order valence-electron chi connectivity index (χ4n) is 2.40. The van der Waals surface area contributed by atoms with Crippen molar-refractivity contribution in [1.29, 1.82) is 0 Å². The Labute approximate surface area is 140 Å². The first-order chi connectivity index (χ1) is 11.3. The average Bonchev–Trinajstić information content (AvgIpc) is 3.13. The van der Waals surface area contributed by atoms with Crippen LogP contribution in [0.25, 0.3) is 0 Å². The van der Waals surface area contributed by atoms with Crippen molar-refractivity contribution in [3.63, 3.8) is 0 Å². The summed E-state index contributed by atoms with van der Waals surface area (Å²) >= 11 is 1.73. The maximum Gasteiger partial charge on any atom is 0.150 e. The summed E-state index contributed by atoms with van der Waals surface area (Å²) < 4.78 is 0. The van der Waals surface area contributed by atoms with Crippen LogP contribution in [-0.2, 0) is 25.7 Å². The molecule has 0 saturated carbocycles. The van der Waals surface area contributed by atoms with E-state index >= 15 is 0 Å². The lowest BCUT2D eigenvalue weighted by atomic mass is 10.1. The number of hydrogen-bond donors (Lipinski definition) is 0. The van der Waals surface area contributed by atoms with E-state index in [0.717, 1.165) is 43.4 Å². The zero-order valence-corrected chi connectivity index (χ0v) is 13.6. The van der Waals surface area contributed by atoms with Crippen LogP contribution in [0.2, 0.25) is 0 Å². The van der Waals surface area contributed by atoms with Crippen molar-refractivity contribution < 1.29 is 4.79 Å². The summed E-state index contributed by atoms with van der Waals surface area (Å²) in [6.45, 7) is 0. The molecular formula is C19H18N2OS. The number of nitrogens with zero attached hydrogens (tertiary/aromatic N) is 2. The second-order valence-corrected chi connectivity index (χ2v) is 6.29. The molecular weight excluding hydrogens is 304 g/mol. The first kappa shape index (κ1) is 15.6. The number of carbonyl (C=O) groups is 1. The molecule has 1 aromatic carbocycles. The Bertz CT molecular complexity index is 734. The van der Waals surface area contributed by atoms with E-state index in [9.17, 15) is 4.79 Å². The predicted molar refractivity (Wildman–Crippen MR) is 93.0 cm³/mol. The summed E-state index contributed by atoms with van der Waals surface area (Å²) in [6, 6.07) is 14.0. The number of rotatable bonds is 7. The Balaban J connectivity index is 1.51. The van der Waals surface area contributed by atoms with Gasteiger partial charge in [0.05, 0.1) is 11.4 Å². The van der Waals surface area contributed by atoms with Crippen LogP contribution in [0.15, 0.2) is 53.2 Å². The van der Waals surface area contributed by atoms with Gasteiger partial charge in [0.25, 0.3) is 0 Å². The van der Waals surface area contributed by atoms with Crippen molar-refractivity contribution >= 4 is 17.6 Å². The second-order valence-electron chi connectivity index (χ2n) is 5.51. The van der Waals surface area contributed by atoms with Gasteiger partial charge in [0, 0.05) is 5.56 Å². The molecule has 116 valence electrons. The van der Waals surface area contributed by atoms with E-state index in [2.05, 4.69) is 39.2 Å². The Hall–Kier alpha value is -2.33. The van der Waals surface area contributed by atoms with E-state index in [4.69, 9.17) is 0 Å². The minimum absolute atomic E-state index is 0.712. The third-order valence-corrected chi connectivity index (χ3v) is 4.54. The average molecular weight is 322 g/mol. The largest absolute Gasteiger partial charge is 0.298 e. The highest BCUT2D eigenvalue weighted by Gasteiger charge is 2.01. The van der Waals surface area contributed by atoms with Gasteiger partial charge < -0.3 is 0 Å². The lowest BCUT2D eigenvalue weighted by molar-refractivity contribution is 0.112. The predicted octanol–water partition coefficient (Wildman–Crippen LogP) is 3.92. The lowest BCUT2D eigenvalue weighted by Gasteiger charge is -2.03. The molecule has 0 saturated heterocycles. The first-order valence-electron chi connectivity index (χ1n) is 7.70. The molecule has 0 amide bonds. The number of carbonyl (C=O) groups excluding carboxylic acids is 1. The van der Waals surface area contributed by atoms with Gasteiger partial charge in [-0.25, -0.2) is 0 Å². The summed E-state index contributed by atoms with van der Waals surface area (Å²) in [4.78, 5) is 10.6. The molecule has 0 unspecified atom stereocenters. The standard InChI is InChI=1S/C19H18N2OS/c22-13-16-3-1-15(2-4-16)5-7-18-9-10-19(21-20-18)8-6-17-11-12-23-14-17/h1-4,9-14H,5-8H2. The van der Waals surface area contributed by atoms with Gasteiger partial charge in [0.15, 0.2) is 0 Å². The maximum atomic E-state index is 10.6. The van der Waals surface area contributed by atoms with Gasteiger partial charge >= 0.3 is 0 Å². The third-order valence-electron chi connectivity index (χ3n) is 3.81. The van der Waals surface area contributed by atoms with E-state index in [1.807, 2.05) is 24.3 Å². The smallest absolute Gasteiger partial charge is 0.150 e. The van der Waals surface area contributed by atoms with Crippen molar-refractivity contribution in [2.24, 2.45) is 0 Å². The van der Waals surface area contributed by atoms with Crippen LogP contribution in [0.5, 0.6) is 0 Å². The van der Waals surface area contributed by atoms with Gasteiger partial charge in [0.2, 0.25) is 0 Å². The summed E-state index contributed by atoms with van der Waals surface area (Å²) in [5.74, 6) is 0. The lowest BCUT2D eigenvalue weighted by Crippen LogP contribution is -2.00. The Morgan fingerprint density at radius 2 is 1.43 bits per heavy atom. The highest BCUT2D eigenvalue weighted by atomic mass is 32.1. The molecule has 23 heavy (non-hydrogen) atoms. The van der Waals surface area contributed by atoms with Crippen LogP contribution in [0.1, 0.15) is 32.9 Å². The highest BCUT2D eigenvalue weighted by molar-refractivity contribution is 7.07. The van der Waals surface area contributed by atoms with Crippen LogP contribution in [-0.4, -0.2) is 16.5 Å². The van der Waals surface area contributed by atoms with Crippen molar-refractivity contribution in [1.82, 2.24) is 10.2 Å². The SMILES string of the molecule is O=Cc1ccc(CCc2ccc(CCc3ccsc3)nn2)cc1. The fraction of sp³-hybridized carbons (Fsp3) is 0.211. The van der Waals surface area contributed by atoms with Crippen LogP contribution >= 0.6 is 11.3 Å². The Kier molecular flexibility index (Phi) is 5.27. The van der Waals surface area contributed by atoms with E-state index in [-0.39, 0.29) is 0 Å². The summed E-state index contributed by atoms with van der Waals surface area (Å²) in [5, 5.41) is 12.9. The number of hydrogen-bond acceptors (Lipinski definition) is 4. The molecule has 0 radical (unpaired) electrons. The van der Waals surface area contributed by atoms with Crippen LogP contribution in [0.3, 0.4) is 0 Å². The molecule has 0 spiro atoms. The number of aromatic nitrogens is 2. The van der Waals surface area contributed by atoms with E-state index in [0.29, 0.717) is 5.56 Å². The summed E-state index contributed by atoms with van der Waals surface area (Å²) in [5.41, 5.74) is 5.32. The van der Waals surface area contributed by atoms with Gasteiger partial charge in [-0.1, -0.05) is 24.3 Å². The Morgan fingerprint density at radius 3 is 1.96 bits per heavy atom. The topological polar surface area (TPSA) is 42.9 Å². The van der Waals surface area contributed by atoms with Gasteiger partial charge in [-0.3, -0.25) is 4.79 Å². The highest BCUT2D eigenvalue weighted by Crippen LogP contribution is 2.10. The van der Waals surface area contributed by atoms with Gasteiger partial charge in [0.1, 0.15) is 6.29 Å². The van der Waals surface area contributed by atoms with Crippen molar-refractivity contribution in [2.45, 2.75) is 25.7 Å². The van der Waals surface area contributed by atoms with E-state index in [1.165, 1.54) is 11.1 Å². The molecule has 0 atom stereocenters.